The lowest BCUT2D eigenvalue weighted by Crippen LogP contribution is -2.24. The van der Waals surface area contributed by atoms with E-state index in [0.717, 1.165) is 36.3 Å². The van der Waals surface area contributed by atoms with E-state index in [0.29, 0.717) is 22.9 Å². The molecule has 3 N–H and O–H groups in total. The van der Waals surface area contributed by atoms with Crippen LogP contribution in [0.1, 0.15) is 28.4 Å². The monoisotopic (exact) mass is 428 g/mol. The minimum atomic E-state index is -0.592. The normalized spacial score (nSPS) is 11.8. The van der Waals surface area contributed by atoms with E-state index >= 15 is 0 Å². The van der Waals surface area contributed by atoms with Crippen LogP contribution in [0.4, 0.5) is 5.69 Å². The molecule has 0 saturated carbocycles. The highest BCUT2D eigenvalue weighted by Crippen LogP contribution is 2.27. The molecule has 0 saturated heterocycles. The number of hydrogen-bond donors (Lipinski definition) is 3. The van der Waals surface area contributed by atoms with Gasteiger partial charge in [-0.1, -0.05) is 35.9 Å². The Hall–Kier alpha value is -2.80. The topological polar surface area (TPSA) is 83.7 Å². The first-order valence-corrected chi connectivity index (χ1v) is 10.1. The van der Waals surface area contributed by atoms with Crippen LogP contribution in [0, 0.1) is 0 Å². The molecule has 0 aliphatic heterocycles. The SMILES string of the molecule is COC(=O)c1ccoc1-c1cccc(NCCCNC[C@@H](O)c2cccc(Cl)c2)c1. The van der Waals surface area contributed by atoms with Gasteiger partial charge in [0.05, 0.1) is 19.5 Å². The highest BCUT2D eigenvalue weighted by Gasteiger charge is 2.16. The van der Waals surface area contributed by atoms with Crippen LogP contribution in [0.15, 0.2) is 65.3 Å². The fourth-order valence-electron chi connectivity index (χ4n) is 3.09. The second kappa shape index (κ2) is 10.8. The molecule has 0 spiro atoms. The van der Waals surface area contributed by atoms with Gasteiger partial charge >= 0.3 is 5.97 Å². The van der Waals surface area contributed by atoms with Crippen molar-refractivity contribution < 1.29 is 19.1 Å². The lowest BCUT2D eigenvalue weighted by atomic mass is 10.1. The third-order valence-corrected chi connectivity index (χ3v) is 4.86. The molecule has 0 amide bonds. The van der Waals surface area contributed by atoms with Crippen LogP contribution in [0.5, 0.6) is 0 Å². The van der Waals surface area contributed by atoms with Gasteiger partial charge in [0.25, 0.3) is 0 Å². The summed E-state index contributed by atoms with van der Waals surface area (Å²) in [6.07, 6.45) is 1.76. The fraction of sp³-hybridized carbons (Fsp3) is 0.261. The summed E-state index contributed by atoms with van der Waals surface area (Å²) in [6.45, 7) is 1.98. The van der Waals surface area contributed by atoms with Gasteiger partial charge in [-0.3, -0.25) is 0 Å². The first-order valence-electron chi connectivity index (χ1n) is 9.73. The zero-order valence-corrected chi connectivity index (χ0v) is 17.5. The maximum absolute atomic E-state index is 11.9. The Balaban J connectivity index is 1.44. The molecule has 158 valence electrons. The summed E-state index contributed by atoms with van der Waals surface area (Å²) in [7, 11) is 1.35. The van der Waals surface area contributed by atoms with E-state index in [4.69, 9.17) is 20.8 Å². The van der Waals surface area contributed by atoms with E-state index < -0.39 is 12.1 Å². The van der Waals surface area contributed by atoms with Gasteiger partial charge < -0.3 is 24.9 Å². The molecular formula is C23H25ClN2O4. The molecule has 0 fully saturated rings. The van der Waals surface area contributed by atoms with Crippen molar-refractivity contribution in [3.05, 3.63) is 77.0 Å². The van der Waals surface area contributed by atoms with Gasteiger partial charge in [-0.25, -0.2) is 4.79 Å². The number of carbonyl (C=O) groups is 1. The summed E-state index contributed by atoms with van der Waals surface area (Å²) < 4.78 is 10.3. The average molecular weight is 429 g/mol. The molecule has 2 aromatic carbocycles. The van der Waals surface area contributed by atoms with Crippen molar-refractivity contribution in [3.63, 3.8) is 0 Å². The molecule has 1 heterocycles. The highest BCUT2D eigenvalue weighted by molar-refractivity contribution is 6.30. The molecule has 0 aliphatic rings. The number of nitrogens with one attached hydrogen (secondary N) is 2. The largest absolute Gasteiger partial charge is 0.465 e. The Bertz CT molecular complexity index is 973. The first-order chi connectivity index (χ1) is 14.6. The smallest absolute Gasteiger partial charge is 0.341 e. The molecular weight excluding hydrogens is 404 g/mol. The van der Waals surface area contributed by atoms with Crippen molar-refractivity contribution in [2.24, 2.45) is 0 Å². The quantitative estimate of drug-likeness (QED) is 0.325. The molecule has 0 radical (unpaired) electrons. The maximum atomic E-state index is 11.9. The highest BCUT2D eigenvalue weighted by atomic mass is 35.5. The van der Waals surface area contributed by atoms with Crippen LogP contribution in [0.25, 0.3) is 11.3 Å². The summed E-state index contributed by atoms with van der Waals surface area (Å²) in [5, 5.41) is 17.4. The van der Waals surface area contributed by atoms with Gasteiger partial charge in [-0.05, 0) is 48.9 Å². The van der Waals surface area contributed by atoms with Crippen molar-refractivity contribution >= 4 is 23.3 Å². The number of anilines is 1. The van der Waals surface area contributed by atoms with Crippen LogP contribution in [0.2, 0.25) is 5.02 Å². The predicted octanol–water partition coefficient (Wildman–Crippen LogP) is 4.51. The number of furan rings is 1. The standard InChI is InChI=1S/C23H25ClN2O4/c1-29-23(28)20-9-12-30-22(20)17-6-3-8-19(14-17)26-11-4-10-25-15-21(27)16-5-2-7-18(24)13-16/h2-3,5-9,12-14,21,25-27H,4,10-11,15H2,1H3/t21-/m1/s1. The average Bonchev–Trinajstić information content (AvgIpc) is 3.25. The van der Waals surface area contributed by atoms with E-state index in [-0.39, 0.29) is 0 Å². The van der Waals surface area contributed by atoms with E-state index in [9.17, 15) is 9.90 Å². The number of carbonyl (C=O) groups excluding carboxylic acids is 1. The van der Waals surface area contributed by atoms with Gasteiger partial charge in [0.15, 0.2) is 0 Å². The Morgan fingerprint density at radius 1 is 1.17 bits per heavy atom. The number of halogens is 1. The van der Waals surface area contributed by atoms with Crippen LogP contribution >= 0.6 is 11.6 Å². The number of ether oxygens (including phenoxy) is 1. The minimum Gasteiger partial charge on any atom is -0.465 e. The van der Waals surface area contributed by atoms with Gasteiger partial charge in [-0.15, -0.1) is 0 Å². The number of methoxy groups -OCH3 is 1. The third-order valence-electron chi connectivity index (χ3n) is 4.63. The number of aliphatic hydroxyl groups excluding tert-OH is 1. The minimum absolute atomic E-state index is 0.400. The van der Waals surface area contributed by atoms with Gasteiger partial charge in [-0.2, -0.15) is 0 Å². The van der Waals surface area contributed by atoms with Gasteiger partial charge in [0.2, 0.25) is 0 Å². The van der Waals surface area contributed by atoms with Gasteiger partial charge in [0.1, 0.15) is 11.3 Å². The fourth-order valence-corrected chi connectivity index (χ4v) is 3.29. The summed E-state index contributed by atoms with van der Waals surface area (Å²) in [5.74, 6) is 0.0605. The summed E-state index contributed by atoms with van der Waals surface area (Å²) in [6, 6.07) is 16.5. The predicted molar refractivity (Wildman–Crippen MR) is 118 cm³/mol. The second-order valence-electron chi connectivity index (χ2n) is 6.79. The molecule has 3 rings (SSSR count). The molecule has 6 nitrogen and oxygen atoms in total. The summed E-state index contributed by atoms with van der Waals surface area (Å²) in [4.78, 5) is 11.9. The molecule has 1 aromatic heterocycles. The van der Waals surface area contributed by atoms with Crippen molar-refractivity contribution in [2.45, 2.75) is 12.5 Å². The second-order valence-corrected chi connectivity index (χ2v) is 7.23. The molecule has 30 heavy (non-hydrogen) atoms. The molecule has 7 heteroatoms. The Labute approximate surface area is 180 Å². The van der Waals surface area contributed by atoms with Crippen LogP contribution in [-0.4, -0.2) is 37.8 Å². The van der Waals surface area contributed by atoms with Crippen LogP contribution in [-0.2, 0) is 4.74 Å². The molecule has 0 aliphatic carbocycles. The summed E-state index contributed by atoms with van der Waals surface area (Å²) >= 11 is 5.96. The Kier molecular flexibility index (Phi) is 7.90. The zero-order valence-electron chi connectivity index (χ0n) is 16.7. The lowest BCUT2D eigenvalue weighted by molar-refractivity contribution is 0.0601. The van der Waals surface area contributed by atoms with Crippen molar-refractivity contribution in [1.82, 2.24) is 5.32 Å². The molecule has 1 atom stereocenters. The number of aliphatic hydroxyl groups is 1. The molecule has 3 aromatic rings. The van der Waals surface area contributed by atoms with Crippen molar-refractivity contribution in [1.29, 1.82) is 0 Å². The zero-order chi connectivity index (χ0) is 21.3. The Morgan fingerprint density at radius 3 is 2.80 bits per heavy atom. The Morgan fingerprint density at radius 2 is 2.00 bits per heavy atom. The number of benzene rings is 2. The summed E-state index contributed by atoms with van der Waals surface area (Å²) in [5.41, 5.74) is 2.93. The first kappa shape index (κ1) is 21.9. The number of rotatable bonds is 10. The van der Waals surface area contributed by atoms with E-state index in [2.05, 4.69) is 10.6 Å². The van der Waals surface area contributed by atoms with Crippen molar-refractivity contribution in [3.8, 4) is 11.3 Å². The van der Waals surface area contributed by atoms with E-state index in [1.54, 1.807) is 18.2 Å². The number of hydrogen-bond acceptors (Lipinski definition) is 6. The molecule has 0 bridgehead atoms. The third kappa shape index (κ3) is 5.86. The van der Waals surface area contributed by atoms with Crippen LogP contribution < -0.4 is 10.6 Å². The van der Waals surface area contributed by atoms with Crippen molar-refractivity contribution in [2.75, 3.05) is 32.1 Å². The van der Waals surface area contributed by atoms with Crippen LogP contribution in [0.3, 0.4) is 0 Å². The van der Waals surface area contributed by atoms with E-state index in [1.807, 2.05) is 36.4 Å². The lowest BCUT2D eigenvalue weighted by Gasteiger charge is -2.13. The van der Waals surface area contributed by atoms with E-state index in [1.165, 1.54) is 13.4 Å². The molecule has 0 unspecified atom stereocenters. The van der Waals surface area contributed by atoms with Gasteiger partial charge in [0, 0.05) is 29.4 Å². The maximum Gasteiger partial charge on any atom is 0.341 e. The number of esters is 1.